The van der Waals surface area contributed by atoms with E-state index in [4.69, 9.17) is 0 Å². The number of hydrogen-bond acceptors (Lipinski definition) is 3. The fourth-order valence-electron chi connectivity index (χ4n) is 3.27. The summed E-state index contributed by atoms with van der Waals surface area (Å²) in [6.07, 6.45) is 4.47. The lowest BCUT2D eigenvalue weighted by atomic mass is 9.89. The number of benzene rings is 1. The van der Waals surface area contributed by atoms with E-state index in [1.54, 1.807) is 24.3 Å². The van der Waals surface area contributed by atoms with Crippen molar-refractivity contribution in [2.45, 2.75) is 38.9 Å². The summed E-state index contributed by atoms with van der Waals surface area (Å²) in [6, 6.07) is 7.02. The van der Waals surface area contributed by atoms with Crippen LogP contribution in [-0.4, -0.2) is 38.6 Å². The van der Waals surface area contributed by atoms with Gasteiger partial charge < -0.3 is 4.90 Å². The molecule has 23 heavy (non-hydrogen) atoms. The summed E-state index contributed by atoms with van der Waals surface area (Å²) in [4.78, 5) is 14.6. The van der Waals surface area contributed by atoms with Crippen molar-refractivity contribution in [2.24, 2.45) is 11.8 Å². The van der Waals surface area contributed by atoms with E-state index in [-0.39, 0.29) is 11.7 Å². The van der Waals surface area contributed by atoms with Crippen molar-refractivity contribution in [3.05, 3.63) is 35.4 Å². The van der Waals surface area contributed by atoms with Gasteiger partial charge in [-0.25, -0.2) is 8.42 Å². The summed E-state index contributed by atoms with van der Waals surface area (Å²) in [7, 11) is -3.09. The topological polar surface area (TPSA) is 54.5 Å². The van der Waals surface area contributed by atoms with Crippen LogP contribution in [-0.2, 0) is 15.6 Å². The van der Waals surface area contributed by atoms with Crippen LogP contribution in [0.25, 0.3) is 0 Å². The largest absolute Gasteiger partial charge is 0.339 e. The molecule has 1 aromatic carbocycles. The summed E-state index contributed by atoms with van der Waals surface area (Å²) in [6.45, 7) is 6.07. The molecule has 1 saturated heterocycles. The van der Waals surface area contributed by atoms with Gasteiger partial charge in [0.05, 0.1) is 5.75 Å². The number of hydrogen-bond donors (Lipinski definition) is 0. The smallest absolute Gasteiger partial charge is 0.253 e. The fraction of sp³-hybridized carbons (Fsp3) is 0.611. The molecule has 1 atom stereocenters. The van der Waals surface area contributed by atoms with Gasteiger partial charge in [0.25, 0.3) is 5.91 Å². The standard InChI is InChI=1S/C18H27NO3S/c1-14(2)16-8-5-10-19(11-9-16)18(20)17-7-4-6-15(12-17)13-23(3,21)22/h4,6-7,12,14,16H,5,8-11,13H2,1-3H3. The van der Waals surface area contributed by atoms with Gasteiger partial charge in [-0.15, -0.1) is 0 Å². The Morgan fingerprint density at radius 2 is 2.00 bits per heavy atom. The Hall–Kier alpha value is -1.36. The molecule has 0 bridgehead atoms. The number of sulfone groups is 1. The van der Waals surface area contributed by atoms with E-state index < -0.39 is 9.84 Å². The van der Waals surface area contributed by atoms with Crippen LogP contribution in [0.5, 0.6) is 0 Å². The predicted octanol–water partition coefficient (Wildman–Crippen LogP) is 3.13. The van der Waals surface area contributed by atoms with E-state index in [9.17, 15) is 13.2 Å². The molecule has 4 nitrogen and oxygen atoms in total. The van der Waals surface area contributed by atoms with Gasteiger partial charge in [0.1, 0.15) is 0 Å². The van der Waals surface area contributed by atoms with Crippen molar-refractivity contribution in [2.75, 3.05) is 19.3 Å². The normalized spacial score (nSPS) is 19.7. The minimum atomic E-state index is -3.09. The highest BCUT2D eigenvalue weighted by Gasteiger charge is 2.23. The molecular weight excluding hydrogens is 310 g/mol. The second-order valence-corrected chi connectivity index (χ2v) is 9.14. The molecule has 1 aliphatic rings. The molecule has 5 heteroatoms. The summed E-state index contributed by atoms with van der Waals surface area (Å²) in [5.74, 6) is 1.33. The van der Waals surface area contributed by atoms with Crippen LogP contribution in [0.2, 0.25) is 0 Å². The first kappa shape index (κ1) is 18.0. The second-order valence-electron chi connectivity index (χ2n) is 7.00. The fourth-order valence-corrected chi connectivity index (χ4v) is 4.06. The number of nitrogens with zero attached hydrogens (tertiary/aromatic N) is 1. The third-order valence-corrected chi connectivity index (χ3v) is 5.46. The zero-order valence-corrected chi connectivity index (χ0v) is 15.1. The van der Waals surface area contributed by atoms with Crippen LogP contribution in [0.1, 0.15) is 49.0 Å². The Morgan fingerprint density at radius 1 is 1.26 bits per heavy atom. The molecule has 0 aliphatic carbocycles. The monoisotopic (exact) mass is 337 g/mol. The van der Waals surface area contributed by atoms with Crippen molar-refractivity contribution in [1.82, 2.24) is 4.90 Å². The van der Waals surface area contributed by atoms with Gasteiger partial charge >= 0.3 is 0 Å². The summed E-state index contributed by atoms with van der Waals surface area (Å²) >= 11 is 0. The van der Waals surface area contributed by atoms with Crippen molar-refractivity contribution < 1.29 is 13.2 Å². The van der Waals surface area contributed by atoms with Crippen molar-refractivity contribution >= 4 is 15.7 Å². The minimum absolute atomic E-state index is 0.0183. The van der Waals surface area contributed by atoms with Crippen LogP contribution in [0, 0.1) is 11.8 Å². The van der Waals surface area contributed by atoms with Crippen LogP contribution in [0.15, 0.2) is 24.3 Å². The van der Waals surface area contributed by atoms with Crippen LogP contribution >= 0.6 is 0 Å². The number of likely N-dealkylation sites (tertiary alicyclic amines) is 1. The highest BCUT2D eigenvalue weighted by molar-refractivity contribution is 7.89. The van der Waals surface area contributed by atoms with Gasteiger partial charge in [0, 0.05) is 24.9 Å². The van der Waals surface area contributed by atoms with E-state index in [0.717, 1.165) is 25.9 Å². The van der Waals surface area contributed by atoms with Crippen molar-refractivity contribution in [3.8, 4) is 0 Å². The summed E-state index contributed by atoms with van der Waals surface area (Å²) in [5, 5.41) is 0. The highest BCUT2D eigenvalue weighted by Crippen LogP contribution is 2.25. The Bertz CT molecular complexity index is 652. The molecule has 1 amide bonds. The molecule has 0 radical (unpaired) electrons. The molecule has 1 fully saturated rings. The second kappa shape index (κ2) is 7.47. The molecule has 2 rings (SSSR count). The van der Waals surface area contributed by atoms with Gasteiger partial charge in [-0.1, -0.05) is 26.0 Å². The van der Waals surface area contributed by atoms with E-state index in [2.05, 4.69) is 13.8 Å². The Kier molecular flexibility index (Phi) is 5.84. The zero-order valence-electron chi connectivity index (χ0n) is 14.3. The maximum absolute atomic E-state index is 12.7. The SMILES string of the molecule is CC(C)C1CCCN(C(=O)c2cccc(CS(C)(=O)=O)c2)CC1. The lowest BCUT2D eigenvalue weighted by molar-refractivity contribution is 0.0758. The van der Waals surface area contributed by atoms with E-state index in [1.807, 2.05) is 4.90 Å². The molecule has 0 spiro atoms. The molecular formula is C18H27NO3S. The first-order chi connectivity index (χ1) is 10.8. The van der Waals surface area contributed by atoms with Crippen LogP contribution < -0.4 is 0 Å². The molecule has 0 aromatic heterocycles. The predicted molar refractivity (Wildman–Crippen MR) is 93.1 cm³/mol. The van der Waals surface area contributed by atoms with E-state index in [0.29, 0.717) is 23.0 Å². The summed E-state index contributed by atoms with van der Waals surface area (Å²) < 4.78 is 22.9. The lowest BCUT2D eigenvalue weighted by Crippen LogP contribution is -2.32. The molecule has 1 aliphatic heterocycles. The molecule has 0 N–H and O–H groups in total. The average Bonchev–Trinajstić information content (AvgIpc) is 2.71. The number of rotatable bonds is 4. The first-order valence-corrected chi connectivity index (χ1v) is 10.4. The van der Waals surface area contributed by atoms with Gasteiger partial charge in [-0.05, 0) is 48.8 Å². The minimum Gasteiger partial charge on any atom is -0.339 e. The number of carbonyl (C=O) groups is 1. The quantitative estimate of drug-likeness (QED) is 0.848. The average molecular weight is 337 g/mol. The van der Waals surface area contributed by atoms with E-state index >= 15 is 0 Å². The number of carbonyl (C=O) groups excluding carboxylic acids is 1. The van der Waals surface area contributed by atoms with E-state index in [1.165, 1.54) is 12.7 Å². The van der Waals surface area contributed by atoms with Crippen molar-refractivity contribution in [1.29, 1.82) is 0 Å². The third kappa shape index (κ3) is 5.34. The van der Waals surface area contributed by atoms with Gasteiger partial charge in [-0.3, -0.25) is 4.79 Å². The van der Waals surface area contributed by atoms with Crippen LogP contribution in [0.4, 0.5) is 0 Å². The molecule has 128 valence electrons. The zero-order chi connectivity index (χ0) is 17.0. The van der Waals surface area contributed by atoms with Gasteiger partial charge in [0.15, 0.2) is 9.84 Å². The Balaban J connectivity index is 2.09. The summed E-state index contributed by atoms with van der Waals surface area (Å²) in [5.41, 5.74) is 1.27. The van der Waals surface area contributed by atoms with Gasteiger partial charge in [0.2, 0.25) is 0 Å². The maximum atomic E-state index is 12.7. The Morgan fingerprint density at radius 3 is 2.65 bits per heavy atom. The third-order valence-electron chi connectivity index (χ3n) is 4.61. The molecule has 1 aromatic rings. The van der Waals surface area contributed by atoms with Crippen molar-refractivity contribution in [3.63, 3.8) is 0 Å². The molecule has 0 saturated carbocycles. The molecule has 1 unspecified atom stereocenters. The maximum Gasteiger partial charge on any atom is 0.253 e. The highest BCUT2D eigenvalue weighted by atomic mass is 32.2. The first-order valence-electron chi connectivity index (χ1n) is 8.32. The number of amides is 1. The van der Waals surface area contributed by atoms with Crippen LogP contribution in [0.3, 0.4) is 0 Å². The molecule has 1 heterocycles. The lowest BCUT2D eigenvalue weighted by Gasteiger charge is -2.22. The Labute approximate surface area is 139 Å². The van der Waals surface area contributed by atoms with Gasteiger partial charge in [-0.2, -0.15) is 0 Å².